The third-order valence-electron chi connectivity index (χ3n) is 5.02. The Labute approximate surface area is 120 Å². The summed E-state index contributed by atoms with van der Waals surface area (Å²) in [5, 5.41) is 0. The van der Waals surface area contributed by atoms with Gasteiger partial charge in [-0.15, -0.1) is 0 Å². The van der Waals surface area contributed by atoms with Gasteiger partial charge >= 0.3 is 0 Å². The van der Waals surface area contributed by atoms with Gasteiger partial charge in [0.05, 0.1) is 0 Å². The molecule has 1 aromatic rings. The zero-order chi connectivity index (χ0) is 14.1. The van der Waals surface area contributed by atoms with Gasteiger partial charge in [0.2, 0.25) is 0 Å². The highest BCUT2D eigenvalue weighted by Crippen LogP contribution is 2.48. The van der Waals surface area contributed by atoms with Crippen LogP contribution in [-0.2, 0) is 6.54 Å². The molecule has 3 rings (SSSR count). The zero-order valence-electron chi connectivity index (χ0n) is 12.1. The summed E-state index contributed by atoms with van der Waals surface area (Å²) in [6.07, 6.45) is 7.15. The van der Waals surface area contributed by atoms with Crippen LogP contribution in [-0.4, -0.2) is 29.4 Å². The molecule has 2 N–H and O–H groups in total. The maximum atomic E-state index is 12.4. The largest absolute Gasteiger partial charge is 0.340 e. The van der Waals surface area contributed by atoms with Crippen LogP contribution in [0.3, 0.4) is 0 Å². The van der Waals surface area contributed by atoms with E-state index in [2.05, 4.69) is 4.98 Å². The number of aromatic nitrogens is 1. The van der Waals surface area contributed by atoms with E-state index in [1.165, 1.54) is 25.7 Å². The van der Waals surface area contributed by atoms with E-state index in [4.69, 9.17) is 5.73 Å². The summed E-state index contributed by atoms with van der Waals surface area (Å²) in [5.41, 5.74) is 7.02. The van der Waals surface area contributed by atoms with Crippen LogP contribution in [0.15, 0.2) is 18.3 Å². The minimum Gasteiger partial charge on any atom is -0.340 e. The summed E-state index contributed by atoms with van der Waals surface area (Å²) in [6.45, 7) is 1.34. The summed E-state index contributed by atoms with van der Waals surface area (Å²) in [5.74, 6) is 2.50. The quantitative estimate of drug-likeness (QED) is 0.913. The highest BCUT2D eigenvalue weighted by molar-refractivity contribution is 5.92. The van der Waals surface area contributed by atoms with Crippen molar-refractivity contribution in [2.75, 3.05) is 13.6 Å². The van der Waals surface area contributed by atoms with Crippen LogP contribution < -0.4 is 5.73 Å². The van der Waals surface area contributed by atoms with Gasteiger partial charge in [-0.25, -0.2) is 0 Å². The molecule has 2 saturated carbocycles. The fourth-order valence-electron chi connectivity index (χ4n) is 3.90. The molecule has 0 saturated heterocycles. The molecule has 0 spiro atoms. The molecule has 0 radical (unpaired) electrons. The number of pyridine rings is 1. The Morgan fingerprint density at radius 1 is 1.40 bits per heavy atom. The average molecular weight is 273 g/mol. The number of amides is 1. The highest BCUT2D eigenvalue weighted by atomic mass is 16.2. The van der Waals surface area contributed by atoms with Gasteiger partial charge < -0.3 is 10.6 Å². The lowest BCUT2D eigenvalue weighted by atomic mass is 9.88. The number of fused-ring (bicyclic) bond motifs is 2. The van der Waals surface area contributed by atoms with E-state index in [1.807, 2.05) is 18.0 Å². The molecule has 3 unspecified atom stereocenters. The lowest BCUT2D eigenvalue weighted by molar-refractivity contribution is 0.0748. The molecule has 2 bridgehead atoms. The lowest BCUT2D eigenvalue weighted by Crippen LogP contribution is -2.34. The molecular weight excluding hydrogens is 250 g/mol. The molecule has 0 aromatic carbocycles. The average Bonchev–Trinajstić information content (AvgIpc) is 3.09. The predicted octanol–water partition coefficient (Wildman–Crippen LogP) is 2.05. The number of nitrogens with zero attached hydrogens (tertiary/aromatic N) is 2. The first-order chi connectivity index (χ1) is 9.67. The summed E-state index contributed by atoms with van der Waals surface area (Å²) in [4.78, 5) is 18.4. The van der Waals surface area contributed by atoms with E-state index >= 15 is 0 Å². The van der Waals surface area contributed by atoms with Gasteiger partial charge in [-0.2, -0.15) is 0 Å². The summed E-state index contributed by atoms with van der Waals surface area (Å²) in [6, 6.07) is 3.66. The predicted molar refractivity (Wildman–Crippen MR) is 78.0 cm³/mol. The number of carbonyl (C=O) groups excluding carboxylic acids is 1. The Morgan fingerprint density at radius 2 is 2.25 bits per heavy atom. The highest BCUT2D eigenvalue weighted by Gasteiger charge is 2.40. The Hall–Kier alpha value is -1.42. The maximum Gasteiger partial charge on any atom is 0.272 e. The van der Waals surface area contributed by atoms with Gasteiger partial charge in [0.1, 0.15) is 5.69 Å². The van der Waals surface area contributed by atoms with Gasteiger partial charge in [0.15, 0.2) is 0 Å². The minimum atomic E-state index is 0.0244. The molecule has 4 heteroatoms. The van der Waals surface area contributed by atoms with Gasteiger partial charge in [-0.3, -0.25) is 9.78 Å². The van der Waals surface area contributed by atoms with Crippen LogP contribution in [0.5, 0.6) is 0 Å². The fourth-order valence-corrected chi connectivity index (χ4v) is 3.90. The van der Waals surface area contributed by atoms with Gasteiger partial charge in [-0.05, 0) is 48.6 Å². The molecule has 20 heavy (non-hydrogen) atoms. The second kappa shape index (κ2) is 5.52. The van der Waals surface area contributed by atoms with Gasteiger partial charge in [0.25, 0.3) is 5.91 Å². The third-order valence-corrected chi connectivity index (χ3v) is 5.02. The summed E-state index contributed by atoms with van der Waals surface area (Å²) >= 11 is 0. The maximum absolute atomic E-state index is 12.4. The Kier molecular flexibility index (Phi) is 3.74. The van der Waals surface area contributed by atoms with E-state index in [1.54, 1.807) is 12.3 Å². The van der Waals surface area contributed by atoms with Crippen LogP contribution in [0.4, 0.5) is 0 Å². The van der Waals surface area contributed by atoms with Crippen molar-refractivity contribution in [2.45, 2.75) is 32.2 Å². The van der Waals surface area contributed by atoms with Crippen molar-refractivity contribution >= 4 is 5.91 Å². The molecule has 1 heterocycles. The van der Waals surface area contributed by atoms with E-state index in [9.17, 15) is 4.79 Å². The monoisotopic (exact) mass is 273 g/mol. The Bertz CT molecular complexity index is 485. The van der Waals surface area contributed by atoms with Crippen molar-refractivity contribution in [1.29, 1.82) is 0 Å². The van der Waals surface area contributed by atoms with E-state index < -0.39 is 0 Å². The Balaban J connectivity index is 1.61. The van der Waals surface area contributed by atoms with E-state index in [0.717, 1.165) is 23.9 Å². The first kappa shape index (κ1) is 13.6. The van der Waals surface area contributed by atoms with Crippen LogP contribution in [0.1, 0.15) is 41.7 Å². The first-order valence-corrected chi connectivity index (χ1v) is 7.58. The number of hydrogen-bond donors (Lipinski definition) is 1. The van der Waals surface area contributed by atoms with Crippen molar-refractivity contribution in [1.82, 2.24) is 9.88 Å². The molecule has 1 aromatic heterocycles. The van der Waals surface area contributed by atoms with Crippen molar-refractivity contribution < 1.29 is 4.79 Å². The third kappa shape index (κ3) is 2.57. The molecule has 4 nitrogen and oxygen atoms in total. The van der Waals surface area contributed by atoms with Gasteiger partial charge in [0, 0.05) is 26.3 Å². The number of hydrogen-bond acceptors (Lipinski definition) is 3. The van der Waals surface area contributed by atoms with Crippen LogP contribution >= 0.6 is 0 Å². The molecule has 2 fully saturated rings. The molecular formula is C16H23N3O. The van der Waals surface area contributed by atoms with E-state index in [-0.39, 0.29) is 5.91 Å². The first-order valence-electron chi connectivity index (χ1n) is 7.58. The van der Waals surface area contributed by atoms with Crippen molar-refractivity contribution in [3.05, 3.63) is 29.6 Å². The second-order valence-corrected chi connectivity index (χ2v) is 6.38. The van der Waals surface area contributed by atoms with Crippen molar-refractivity contribution in [3.63, 3.8) is 0 Å². The second-order valence-electron chi connectivity index (χ2n) is 6.38. The Morgan fingerprint density at radius 3 is 2.80 bits per heavy atom. The zero-order valence-corrected chi connectivity index (χ0v) is 12.1. The molecule has 1 amide bonds. The molecule has 108 valence electrons. The minimum absolute atomic E-state index is 0.0244. The van der Waals surface area contributed by atoms with Crippen molar-refractivity contribution in [3.8, 4) is 0 Å². The molecule has 3 atom stereocenters. The van der Waals surface area contributed by atoms with Crippen LogP contribution in [0, 0.1) is 17.8 Å². The number of rotatable bonds is 4. The summed E-state index contributed by atoms with van der Waals surface area (Å²) < 4.78 is 0. The van der Waals surface area contributed by atoms with Crippen LogP contribution in [0.2, 0.25) is 0 Å². The topological polar surface area (TPSA) is 59.2 Å². The molecule has 2 aliphatic rings. The standard InChI is InChI=1S/C16H23N3O/c1-19(10-14-7-11-2-4-13(14)6-11)16(20)15-5-3-12(8-17)9-18-15/h3,5,9,11,13-14H,2,4,6-8,10,17H2,1H3. The molecule has 2 aliphatic carbocycles. The number of carbonyl (C=O) groups is 1. The normalized spacial score (nSPS) is 27.8. The van der Waals surface area contributed by atoms with Gasteiger partial charge in [-0.1, -0.05) is 12.5 Å². The van der Waals surface area contributed by atoms with Crippen molar-refractivity contribution in [2.24, 2.45) is 23.5 Å². The number of nitrogens with two attached hydrogens (primary N) is 1. The smallest absolute Gasteiger partial charge is 0.272 e. The fraction of sp³-hybridized carbons (Fsp3) is 0.625. The molecule has 0 aliphatic heterocycles. The van der Waals surface area contributed by atoms with E-state index in [0.29, 0.717) is 18.2 Å². The lowest BCUT2D eigenvalue weighted by Gasteiger charge is -2.27. The SMILES string of the molecule is CN(CC1CC2CCC1C2)C(=O)c1ccc(CN)cn1. The summed E-state index contributed by atoms with van der Waals surface area (Å²) in [7, 11) is 1.90. The van der Waals surface area contributed by atoms with Crippen LogP contribution in [0.25, 0.3) is 0 Å².